The SMILES string of the molecule is CCCOc1ccc(-c2cn3cccc(OCC(=O)N(CC)CC)c3n2)cc1N. The molecule has 0 spiro atoms. The van der Waals surface area contributed by atoms with Crippen LogP contribution in [0.5, 0.6) is 11.5 Å². The molecule has 0 saturated carbocycles. The molecule has 1 amide bonds. The minimum atomic E-state index is -0.0424. The molecule has 7 heteroatoms. The van der Waals surface area contributed by atoms with Crippen molar-refractivity contribution in [3.05, 3.63) is 42.7 Å². The van der Waals surface area contributed by atoms with Crippen LogP contribution in [-0.2, 0) is 4.79 Å². The summed E-state index contributed by atoms with van der Waals surface area (Å²) in [5.74, 6) is 1.20. The number of hydrogen-bond acceptors (Lipinski definition) is 5. The molecule has 3 aromatic rings. The first-order valence-electron chi connectivity index (χ1n) is 9.98. The van der Waals surface area contributed by atoms with E-state index in [4.69, 9.17) is 20.2 Å². The lowest BCUT2D eigenvalue weighted by Gasteiger charge is -2.18. The molecular formula is C22H28N4O3. The number of amides is 1. The summed E-state index contributed by atoms with van der Waals surface area (Å²) < 4.78 is 13.3. The van der Waals surface area contributed by atoms with Gasteiger partial charge in [-0.2, -0.15) is 0 Å². The number of benzene rings is 1. The molecule has 0 atom stereocenters. The summed E-state index contributed by atoms with van der Waals surface area (Å²) in [7, 11) is 0. The Labute approximate surface area is 171 Å². The van der Waals surface area contributed by atoms with Gasteiger partial charge in [0.15, 0.2) is 18.0 Å². The predicted molar refractivity (Wildman–Crippen MR) is 114 cm³/mol. The van der Waals surface area contributed by atoms with Crippen molar-refractivity contribution in [3.63, 3.8) is 0 Å². The number of nitrogens with two attached hydrogens (primary N) is 1. The van der Waals surface area contributed by atoms with E-state index in [0.717, 1.165) is 17.7 Å². The van der Waals surface area contributed by atoms with Crippen LogP contribution in [0.15, 0.2) is 42.7 Å². The number of fused-ring (bicyclic) bond motifs is 1. The molecule has 154 valence electrons. The number of aromatic nitrogens is 2. The Bertz CT molecular complexity index is 979. The topological polar surface area (TPSA) is 82.1 Å². The van der Waals surface area contributed by atoms with Crippen molar-refractivity contribution in [3.8, 4) is 22.8 Å². The quantitative estimate of drug-likeness (QED) is 0.559. The average molecular weight is 396 g/mol. The lowest BCUT2D eigenvalue weighted by Crippen LogP contribution is -2.34. The number of pyridine rings is 1. The van der Waals surface area contributed by atoms with Gasteiger partial charge in [-0.15, -0.1) is 0 Å². The largest absolute Gasteiger partial charge is 0.491 e. The number of anilines is 1. The molecule has 0 unspecified atom stereocenters. The van der Waals surface area contributed by atoms with Crippen LogP contribution in [0.25, 0.3) is 16.9 Å². The van der Waals surface area contributed by atoms with Crippen LogP contribution in [0.3, 0.4) is 0 Å². The fourth-order valence-corrected chi connectivity index (χ4v) is 3.10. The molecule has 0 fully saturated rings. The van der Waals surface area contributed by atoms with Gasteiger partial charge in [0.2, 0.25) is 0 Å². The van der Waals surface area contributed by atoms with Crippen LogP contribution in [-0.4, -0.2) is 46.5 Å². The van der Waals surface area contributed by atoms with E-state index in [2.05, 4.69) is 6.92 Å². The molecule has 2 heterocycles. The van der Waals surface area contributed by atoms with Crippen molar-refractivity contribution in [2.24, 2.45) is 0 Å². The number of nitrogen functional groups attached to an aromatic ring is 1. The lowest BCUT2D eigenvalue weighted by atomic mass is 10.1. The van der Waals surface area contributed by atoms with E-state index in [9.17, 15) is 4.79 Å². The Morgan fingerprint density at radius 3 is 2.62 bits per heavy atom. The predicted octanol–water partition coefficient (Wildman–Crippen LogP) is 3.62. The van der Waals surface area contributed by atoms with Crippen molar-refractivity contribution >= 4 is 17.2 Å². The van der Waals surface area contributed by atoms with Crippen LogP contribution in [0.4, 0.5) is 5.69 Å². The third kappa shape index (κ3) is 4.62. The lowest BCUT2D eigenvalue weighted by molar-refractivity contribution is -0.132. The summed E-state index contributed by atoms with van der Waals surface area (Å²) in [5, 5.41) is 0. The normalized spacial score (nSPS) is 10.9. The first kappa shape index (κ1) is 20.5. The third-order valence-electron chi connectivity index (χ3n) is 4.68. The van der Waals surface area contributed by atoms with Crippen molar-refractivity contribution in [2.75, 3.05) is 32.0 Å². The van der Waals surface area contributed by atoms with Crippen LogP contribution < -0.4 is 15.2 Å². The Kier molecular flexibility index (Phi) is 6.59. The highest BCUT2D eigenvalue weighted by Gasteiger charge is 2.14. The van der Waals surface area contributed by atoms with Crippen molar-refractivity contribution in [1.29, 1.82) is 0 Å². The van der Waals surface area contributed by atoms with Crippen molar-refractivity contribution in [1.82, 2.24) is 14.3 Å². The summed E-state index contributed by atoms with van der Waals surface area (Å²) in [4.78, 5) is 18.7. The maximum Gasteiger partial charge on any atom is 0.260 e. The molecule has 0 aliphatic rings. The molecule has 0 bridgehead atoms. The smallest absolute Gasteiger partial charge is 0.260 e. The summed E-state index contributed by atoms with van der Waals surface area (Å²) in [6.07, 6.45) is 4.73. The van der Waals surface area contributed by atoms with E-state index < -0.39 is 0 Å². The van der Waals surface area contributed by atoms with Gasteiger partial charge < -0.3 is 24.5 Å². The molecule has 2 N–H and O–H groups in total. The molecule has 0 aliphatic carbocycles. The second kappa shape index (κ2) is 9.32. The Morgan fingerprint density at radius 1 is 1.14 bits per heavy atom. The van der Waals surface area contributed by atoms with Gasteiger partial charge in [0.1, 0.15) is 5.75 Å². The van der Waals surface area contributed by atoms with Gasteiger partial charge in [0.25, 0.3) is 5.91 Å². The number of rotatable bonds is 9. The first-order chi connectivity index (χ1) is 14.1. The number of carbonyl (C=O) groups is 1. The van der Waals surface area contributed by atoms with E-state index in [1.807, 2.05) is 61.0 Å². The molecule has 29 heavy (non-hydrogen) atoms. The highest BCUT2D eigenvalue weighted by molar-refractivity contribution is 5.78. The first-order valence-corrected chi connectivity index (χ1v) is 9.98. The van der Waals surface area contributed by atoms with Gasteiger partial charge in [-0.3, -0.25) is 4.79 Å². The van der Waals surface area contributed by atoms with Gasteiger partial charge >= 0.3 is 0 Å². The van der Waals surface area contributed by atoms with Crippen molar-refractivity contribution < 1.29 is 14.3 Å². The number of likely N-dealkylation sites (N-methyl/N-ethyl adjacent to an activating group) is 1. The second-order valence-electron chi connectivity index (χ2n) is 6.69. The molecule has 2 aromatic heterocycles. The zero-order chi connectivity index (χ0) is 20.8. The Hall–Kier alpha value is -3.22. The molecule has 7 nitrogen and oxygen atoms in total. The minimum Gasteiger partial charge on any atom is -0.491 e. The maximum atomic E-state index is 12.2. The van der Waals surface area contributed by atoms with Gasteiger partial charge in [-0.1, -0.05) is 6.92 Å². The van der Waals surface area contributed by atoms with Crippen LogP contribution in [0, 0.1) is 0 Å². The molecular weight excluding hydrogens is 368 g/mol. The second-order valence-corrected chi connectivity index (χ2v) is 6.69. The molecule has 3 rings (SSSR count). The fraction of sp³-hybridized carbons (Fsp3) is 0.364. The van der Waals surface area contributed by atoms with Crippen molar-refractivity contribution in [2.45, 2.75) is 27.2 Å². The van der Waals surface area contributed by atoms with Crippen LogP contribution >= 0.6 is 0 Å². The Morgan fingerprint density at radius 2 is 1.93 bits per heavy atom. The molecule has 0 aliphatic heterocycles. The third-order valence-corrected chi connectivity index (χ3v) is 4.68. The number of imidazole rings is 1. The van der Waals surface area contributed by atoms with E-state index in [-0.39, 0.29) is 12.5 Å². The van der Waals surface area contributed by atoms with E-state index in [0.29, 0.717) is 42.5 Å². The van der Waals surface area contributed by atoms with Crippen LogP contribution in [0.1, 0.15) is 27.2 Å². The molecule has 1 aromatic carbocycles. The average Bonchev–Trinajstić information content (AvgIpc) is 3.17. The van der Waals surface area contributed by atoms with Gasteiger partial charge in [-0.05, 0) is 50.6 Å². The number of ether oxygens (including phenoxy) is 2. The van der Waals surface area contributed by atoms with Crippen LogP contribution in [0.2, 0.25) is 0 Å². The number of nitrogens with zero attached hydrogens (tertiary/aromatic N) is 3. The number of carbonyl (C=O) groups excluding carboxylic acids is 1. The maximum absolute atomic E-state index is 12.2. The van der Waals surface area contributed by atoms with Gasteiger partial charge in [-0.25, -0.2) is 4.98 Å². The summed E-state index contributed by atoms with van der Waals surface area (Å²) in [6.45, 7) is 7.90. The summed E-state index contributed by atoms with van der Waals surface area (Å²) in [5.41, 5.74) is 9.02. The standard InChI is InChI=1S/C22H28N4O3/c1-4-12-28-19-10-9-16(13-17(19)23)18-14-26-11-7-8-20(22(26)24-18)29-15-21(27)25(5-2)6-3/h7-11,13-14H,4-6,12,15,23H2,1-3H3. The summed E-state index contributed by atoms with van der Waals surface area (Å²) >= 11 is 0. The van der Waals surface area contributed by atoms with E-state index in [1.54, 1.807) is 4.90 Å². The zero-order valence-corrected chi connectivity index (χ0v) is 17.2. The Balaban J connectivity index is 1.83. The zero-order valence-electron chi connectivity index (χ0n) is 17.2. The minimum absolute atomic E-state index is 0.0139. The van der Waals surface area contributed by atoms with Gasteiger partial charge in [0, 0.05) is 31.0 Å². The highest BCUT2D eigenvalue weighted by atomic mass is 16.5. The fourth-order valence-electron chi connectivity index (χ4n) is 3.10. The van der Waals surface area contributed by atoms with E-state index >= 15 is 0 Å². The molecule has 0 saturated heterocycles. The van der Waals surface area contributed by atoms with E-state index in [1.165, 1.54) is 0 Å². The van der Waals surface area contributed by atoms with Gasteiger partial charge in [0.05, 0.1) is 18.0 Å². The summed E-state index contributed by atoms with van der Waals surface area (Å²) in [6, 6.07) is 9.35. The highest BCUT2D eigenvalue weighted by Crippen LogP contribution is 2.30. The molecule has 0 radical (unpaired) electrons. The monoisotopic (exact) mass is 396 g/mol. The number of hydrogen-bond donors (Lipinski definition) is 1.